The Bertz CT molecular complexity index is 2670. The zero-order valence-electron chi connectivity index (χ0n) is 27.3. The van der Waals surface area contributed by atoms with Gasteiger partial charge in [0.05, 0.1) is 23.3 Å². The van der Waals surface area contributed by atoms with Gasteiger partial charge in [0.25, 0.3) is 0 Å². The van der Waals surface area contributed by atoms with Crippen LogP contribution in [0.5, 0.6) is 0 Å². The summed E-state index contributed by atoms with van der Waals surface area (Å²) in [6, 6.07) is 53.9. The van der Waals surface area contributed by atoms with Gasteiger partial charge in [0.15, 0.2) is 11.5 Å². The molecule has 240 valence electrons. The SMILES string of the molecule is [C-]#[N+]c1cc(Sc2ccc3c4ccccc4n(-c4ccccn4)c3c2)cc(-c2ncnn2-c2c(-c3ccccc3)cccc2-c2ccccc2)c1. The topological polar surface area (TPSA) is 52.9 Å². The van der Waals surface area contributed by atoms with E-state index < -0.39 is 0 Å². The molecule has 0 bridgehead atoms. The average molecular weight is 673 g/mol. The van der Waals surface area contributed by atoms with E-state index in [1.807, 2.05) is 77.6 Å². The molecule has 9 rings (SSSR count). The molecule has 0 fully saturated rings. The van der Waals surface area contributed by atoms with E-state index >= 15 is 0 Å². The smallest absolute Gasteiger partial charge is 0.189 e. The molecule has 0 saturated carbocycles. The monoisotopic (exact) mass is 672 g/mol. The average Bonchev–Trinajstić information content (AvgIpc) is 3.81. The second-order valence-corrected chi connectivity index (χ2v) is 13.2. The first-order valence-corrected chi connectivity index (χ1v) is 17.4. The molecular weight excluding hydrogens is 645 g/mol. The fraction of sp³-hybridized carbons (Fsp3) is 0. The third-order valence-electron chi connectivity index (χ3n) is 9.00. The van der Waals surface area contributed by atoms with Crippen molar-refractivity contribution in [2.45, 2.75) is 9.79 Å². The number of benzene rings is 6. The van der Waals surface area contributed by atoms with Crippen molar-refractivity contribution in [3.8, 4) is 45.1 Å². The number of hydrogen-bond donors (Lipinski definition) is 0. The summed E-state index contributed by atoms with van der Waals surface area (Å²) >= 11 is 1.62. The lowest BCUT2D eigenvalue weighted by atomic mass is 9.95. The molecule has 0 atom stereocenters. The van der Waals surface area contributed by atoms with Crippen molar-refractivity contribution in [2.24, 2.45) is 0 Å². The van der Waals surface area contributed by atoms with Crippen LogP contribution in [0.15, 0.2) is 180 Å². The third-order valence-corrected chi connectivity index (χ3v) is 9.96. The highest BCUT2D eigenvalue weighted by Crippen LogP contribution is 2.41. The lowest BCUT2D eigenvalue weighted by molar-refractivity contribution is 0.890. The van der Waals surface area contributed by atoms with Crippen molar-refractivity contribution < 1.29 is 0 Å². The Labute approximate surface area is 299 Å². The Hall–Kier alpha value is -6.75. The minimum Gasteiger partial charge on any atom is -0.294 e. The normalized spacial score (nSPS) is 11.2. The molecule has 0 aliphatic carbocycles. The molecule has 0 spiro atoms. The van der Waals surface area contributed by atoms with Crippen LogP contribution < -0.4 is 0 Å². The largest absolute Gasteiger partial charge is 0.294 e. The van der Waals surface area contributed by atoms with Crippen LogP contribution in [0.2, 0.25) is 0 Å². The van der Waals surface area contributed by atoms with Crippen LogP contribution in [0.4, 0.5) is 5.69 Å². The first-order valence-electron chi connectivity index (χ1n) is 16.5. The summed E-state index contributed by atoms with van der Waals surface area (Å²) in [6.07, 6.45) is 3.42. The molecule has 6 aromatic carbocycles. The van der Waals surface area contributed by atoms with Gasteiger partial charge in [-0.1, -0.05) is 121 Å². The second kappa shape index (κ2) is 12.9. The third kappa shape index (κ3) is 5.54. The first-order chi connectivity index (χ1) is 25.2. The zero-order chi connectivity index (χ0) is 34.1. The number of hydrogen-bond acceptors (Lipinski definition) is 4. The van der Waals surface area contributed by atoms with Gasteiger partial charge in [-0.2, -0.15) is 5.10 Å². The van der Waals surface area contributed by atoms with Gasteiger partial charge in [-0.25, -0.2) is 19.5 Å². The lowest BCUT2D eigenvalue weighted by Crippen LogP contribution is -2.04. The Morgan fingerprint density at radius 2 is 1.25 bits per heavy atom. The van der Waals surface area contributed by atoms with Crippen molar-refractivity contribution in [2.75, 3.05) is 0 Å². The maximum Gasteiger partial charge on any atom is 0.189 e. The second-order valence-electron chi connectivity index (χ2n) is 12.1. The van der Waals surface area contributed by atoms with Crippen LogP contribution in [-0.2, 0) is 0 Å². The van der Waals surface area contributed by atoms with Crippen molar-refractivity contribution >= 4 is 39.3 Å². The van der Waals surface area contributed by atoms with E-state index in [9.17, 15) is 0 Å². The maximum atomic E-state index is 8.01. The van der Waals surface area contributed by atoms with Crippen LogP contribution >= 0.6 is 11.8 Å². The van der Waals surface area contributed by atoms with Crippen molar-refractivity contribution in [1.29, 1.82) is 0 Å². The van der Waals surface area contributed by atoms with Gasteiger partial charge >= 0.3 is 0 Å². The van der Waals surface area contributed by atoms with Crippen LogP contribution in [0.3, 0.4) is 0 Å². The van der Waals surface area contributed by atoms with Crippen molar-refractivity contribution in [1.82, 2.24) is 24.3 Å². The van der Waals surface area contributed by atoms with E-state index in [0.29, 0.717) is 11.5 Å². The Morgan fingerprint density at radius 1 is 0.549 bits per heavy atom. The van der Waals surface area contributed by atoms with Crippen LogP contribution in [0.1, 0.15) is 0 Å². The molecule has 7 heteroatoms. The van der Waals surface area contributed by atoms with Gasteiger partial charge in [0, 0.05) is 43.5 Å². The number of fused-ring (bicyclic) bond motifs is 3. The lowest BCUT2D eigenvalue weighted by Gasteiger charge is -2.17. The predicted molar refractivity (Wildman–Crippen MR) is 207 cm³/mol. The number of para-hydroxylation sites is 2. The zero-order valence-corrected chi connectivity index (χ0v) is 28.1. The minimum absolute atomic E-state index is 0.535. The van der Waals surface area contributed by atoms with Gasteiger partial charge in [0.1, 0.15) is 12.1 Å². The van der Waals surface area contributed by atoms with Gasteiger partial charge in [0.2, 0.25) is 0 Å². The molecule has 6 nitrogen and oxygen atoms in total. The van der Waals surface area contributed by atoms with Crippen molar-refractivity contribution in [3.63, 3.8) is 0 Å². The van der Waals surface area contributed by atoms with Crippen LogP contribution in [-0.4, -0.2) is 24.3 Å². The standard InChI is InChI=1S/C44H28N6S/c1-45-33-25-32(44-47-29-48-50(44)43-36(30-13-4-2-5-14-30)18-12-19-37(43)31-15-6-3-7-16-31)26-35(27-33)51-34-22-23-39-38-17-8-9-20-40(38)49(41(39)28-34)42-21-10-11-24-46-42/h2-29H. The van der Waals surface area contributed by atoms with Gasteiger partial charge in [-0.15, -0.1) is 0 Å². The van der Waals surface area contributed by atoms with E-state index in [1.165, 1.54) is 5.39 Å². The number of aromatic nitrogens is 5. The fourth-order valence-corrected chi connectivity index (χ4v) is 7.74. The molecule has 0 radical (unpaired) electrons. The highest BCUT2D eigenvalue weighted by molar-refractivity contribution is 7.99. The van der Waals surface area contributed by atoms with Gasteiger partial charge in [-0.05, 0) is 59.7 Å². The molecule has 3 aromatic heterocycles. The quantitative estimate of drug-likeness (QED) is 0.158. The molecule has 0 unspecified atom stereocenters. The minimum atomic E-state index is 0.535. The van der Waals surface area contributed by atoms with E-state index in [-0.39, 0.29) is 0 Å². The van der Waals surface area contributed by atoms with Crippen molar-refractivity contribution in [3.05, 3.63) is 182 Å². The highest BCUT2D eigenvalue weighted by atomic mass is 32.2. The van der Waals surface area contributed by atoms with Gasteiger partial charge < -0.3 is 0 Å². The summed E-state index contributed by atoms with van der Waals surface area (Å²) in [7, 11) is 0. The van der Waals surface area contributed by atoms with E-state index in [2.05, 4.69) is 105 Å². The summed E-state index contributed by atoms with van der Waals surface area (Å²) in [5, 5.41) is 7.15. The molecule has 0 saturated heterocycles. The fourth-order valence-electron chi connectivity index (χ4n) is 6.79. The summed E-state index contributed by atoms with van der Waals surface area (Å²) in [5.41, 5.74) is 8.70. The summed E-state index contributed by atoms with van der Waals surface area (Å²) in [6.45, 7) is 8.01. The molecule has 9 aromatic rings. The number of nitrogens with zero attached hydrogens (tertiary/aromatic N) is 6. The first kappa shape index (κ1) is 30.3. The van der Waals surface area contributed by atoms with E-state index in [0.717, 1.165) is 65.5 Å². The number of rotatable bonds is 7. The van der Waals surface area contributed by atoms with E-state index in [4.69, 9.17) is 16.7 Å². The van der Waals surface area contributed by atoms with Crippen LogP contribution in [0.25, 0.3) is 71.8 Å². The number of pyridine rings is 1. The van der Waals surface area contributed by atoms with Gasteiger partial charge in [-0.3, -0.25) is 4.57 Å². The predicted octanol–water partition coefficient (Wildman–Crippen LogP) is 11.5. The summed E-state index contributed by atoms with van der Waals surface area (Å²) in [5.74, 6) is 1.53. The Balaban J connectivity index is 1.17. The molecule has 3 heterocycles. The molecule has 51 heavy (non-hydrogen) atoms. The van der Waals surface area contributed by atoms with E-state index in [1.54, 1.807) is 18.1 Å². The Morgan fingerprint density at radius 3 is 1.98 bits per heavy atom. The molecule has 0 N–H and O–H groups in total. The maximum absolute atomic E-state index is 8.01. The molecule has 0 aliphatic heterocycles. The molecule has 0 amide bonds. The Kier molecular flexibility index (Phi) is 7.69. The highest BCUT2D eigenvalue weighted by Gasteiger charge is 2.20. The summed E-state index contributed by atoms with van der Waals surface area (Å²) < 4.78 is 4.13. The molecule has 0 aliphatic rings. The van der Waals surface area contributed by atoms with Crippen LogP contribution in [0, 0.1) is 6.57 Å². The summed E-state index contributed by atoms with van der Waals surface area (Å²) in [4.78, 5) is 15.4. The molecular formula is C44H28N6S.